The Hall–Kier alpha value is -5.09. The zero-order chi connectivity index (χ0) is 38.7. The monoisotopic (exact) mass is 835 g/mol. The van der Waals surface area contributed by atoms with E-state index < -0.39 is 0 Å². The zero-order valence-electron chi connectivity index (χ0n) is 33.0. The highest BCUT2D eigenvalue weighted by Gasteiger charge is 2.50. The average Bonchev–Trinajstić information content (AvgIpc) is 3.63. The highest BCUT2D eigenvalue weighted by Crippen LogP contribution is 2.45. The van der Waals surface area contributed by atoms with Crippen molar-refractivity contribution < 1.29 is 0 Å². The van der Waals surface area contributed by atoms with Crippen LogP contribution in [0.5, 0.6) is 0 Å². The molecule has 7 nitrogen and oxygen atoms in total. The van der Waals surface area contributed by atoms with E-state index in [4.69, 9.17) is 20.0 Å². The van der Waals surface area contributed by atoms with Crippen molar-refractivity contribution in [3.8, 4) is 27.9 Å². The molecule has 0 radical (unpaired) electrons. The minimum absolute atomic E-state index is 0.205. The number of anilines is 2. The lowest BCUT2D eigenvalue weighted by Crippen LogP contribution is -2.53. The molecule has 0 atom stereocenters. The summed E-state index contributed by atoms with van der Waals surface area (Å²) in [6.45, 7) is 19.8. The highest BCUT2D eigenvalue weighted by molar-refractivity contribution is 14.1. The van der Waals surface area contributed by atoms with Crippen LogP contribution >= 0.6 is 22.6 Å². The maximum atomic E-state index is 5.08. The van der Waals surface area contributed by atoms with E-state index in [0.717, 1.165) is 60.3 Å². The molecule has 0 amide bonds. The SMILES string of the molecule is CC1=NC(C)(C)C(C)(C)N1c1ccc(-c2cc3c(c4ccccc24)c2ccc(-c4ccc(N5C(I)=NC(C)(C)C5(C)C)nc4)cc2n3-c2ccccc2)cn1. The van der Waals surface area contributed by atoms with E-state index >= 15 is 0 Å². The van der Waals surface area contributed by atoms with Crippen molar-refractivity contribution in [1.29, 1.82) is 0 Å². The number of benzene rings is 4. The van der Waals surface area contributed by atoms with Crippen LogP contribution in [0.2, 0.25) is 0 Å². The first-order valence-electron chi connectivity index (χ1n) is 19.0. The molecule has 0 saturated carbocycles. The predicted molar refractivity (Wildman–Crippen MR) is 241 cm³/mol. The smallest absolute Gasteiger partial charge is 0.169 e. The summed E-state index contributed by atoms with van der Waals surface area (Å²) in [5.41, 5.74) is 6.98. The standard InChI is InChI=1S/C47H46IN7/c1-29-51-44(2,3)46(6,7)54(29)40-24-21-32(28-50-40)37-26-39-42(35-18-14-13-17-34(35)37)36-22-19-30(25-38(36)53(39)33-15-11-10-12-16-33)31-20-23-41(49-27-31)55-43(48)52-45(4,5)47(55,8)9/h10-28H,1-9H3. The summed E-state index contributed by atoms with van der Waals surface area (Å²) in [6.07, 6.45) is 4.03. The summed E-state index contributed by atoms with van der Waals surface area (Å²) in [7, 11) is 0. The molecule has 2 aliphatic rings. The van der Waals surface area contributed by atoms with Crippen molar-refractivity contribution in [2.24, 2.45) is 9.98 Å². The van der Waals surface area contributed by atoms with Gasteiger partial charge in [-0.2, -0.15) is 0 Å². The van der Waals surface area contributed by atoms with Gasteiger partial charge < -0.3 is 9.47 Å². The van der Waals surface area contributed by atoms with E-state index in [-0.39, 0.29) is 22.2 Å². The molecule has 7 aromatic rings. The number of amidine groups is 2. The third-order valence-corrected chi connectivity index (χ3v) is 13.5. The van der Waals surface area contributed by atoms with Crippen molar-refractivity contribution in [3.05, 3.63) is 116 Å². The average molecular weight is 836 g/mol. The van der Waals surface area contributed by atoms with Gasteiger partial charge in [0, 0.05) is 40.0 Å². The van der Waals surface area contributed by atoms with Gasteiger partial charge in [0.2, 0.25) is 0 Å². The summed E-state index contributed by atoms with van der Waals surface area (Å²) in [4.78, 5) is 24.6. The molecular weight excluding hydrogens is 789 g/mol. The molecular formula is C47H46IN7. The number of hydrogen-bond donors (Lipinski definition) is 0. The molecule has 8 heteroatoms. The van der Waals surface area contributed by atoms with Gasteiger partial charge in [0.15, 0.2) is 3.84 Å². The summed E-state index contributed by atoms with van der Waals surface area (Å²) >= 11 is 2.34. The van der Waals surface area contributed by atoms with Gasteiger partial charge in [0.25, 0.3) is 0 Å². The second-order valence-electron chi connectivity index (χ2n) is 17.0. The minimum atomic E-state index is -0.222. The normalized spacial score (nSPS) is 18.4. The Kier molecular flexibility index (Phi) is 7.90. The zero-order valence-corrected chi connectivity index (χ0v) is 35.1. The van der Waals surface area contributed by atoms with Gasteiger partial charge >= 0.3 is 0 Å². The van der Waals surface area contributed by atoms with E-state index in [2.05, 4.69) is 202 Å². The summed E-state index contributed by atoms with van der Waals surface area (Å²) in [6, 6.07) is 37.3. The number of nitrogens with zero attached hydrogens (tertiary/aromatic N) is 7. The van der Waals surface area contributed by atoms with Gasteiger partial charge in [-0.15, -0.1) is 0 Å². The van der Waals surface area contributed by atoms with Gasteiger partial charge in [0.05, 0.1) is 33.2 Å². The number of fused-ring (bicyclic) bond motifs is 5. The number of para-hydroxylation sites is 1. The predicted octanol–water partition coefficient (Wildman–Crippen LogP) is 12.0. The van der Waals surface area contributed by atoms with Crippen molar-refractivity contribution in [2.45, 2.75) is 84.5 Å². The molecule has 0 bridgehead atoms. The number of pyridine rings is 2. The van der Waals surface area contributed by atoms with E-state index in [9.17, 15) is 0 Å². The van der Waals surface area contributed by atoms with Crippen molar-refractivity contribution in [3.63, 3.8) is 0 Å². The molecule has 0 fully saturated rings. The largest absolute Gasteiger partial charge is 0.309 e. The van der Waals surface area contributed by atoms with Crippen LogP contribution in [0.1, 0.15) is 62.3 Å². The first kappa shape index (κ1) is 35.6. The molecule has 0 saturated heterocycles. The fourth-order valence-electron chi connectivity index (χ4n) is 8.54. The first-order valence-corrected chi connectivity index (χ1v) is 20.1. The molecule has 0 spiro atoms. The summed E-state index contributed by atoms with van der Waals surface area (Å²) in [5, 5.41) is 4.87. The van der Waals surface area contributed by atoms with Crippen molar-refractivity contribution >= 4 is 76.5 Å². The van der Waals surface area contributed by atoms with Gasteiger partial charge in [-0.25, -0.2) is 9.97 Å². The van der Waals surface area contributed by atoms with Crippen LogP contribution in [0.25, 0.3) is 60.5 Å². The van der Waals surface area contributed by atoms with Gasteiger partial charge in [0.1, 0.15) is 17.5 Å². The van der Waals surface area contributed by atoms with Gasteiger partial charge in [-0.05, 0) is 155 Å². The third-order valence-electron chi connectivity index (χ3n) is 12.8. The van der Waals surface area contributed by atoms with Crippen molar-refractivity contribution in [1.82, 2.24) is 14.5 Å². The maximum absolute atomic E-state index is 5.08. The maximum Gasteiger partial charge on any atom is 0.169 e. The molecule has 3 aromatic heterocycles. The van der Waals surface area contributed by atoms with Crippen molar-refractivity contribution in [2.75, 3.05) is 9.80 Å². The number of halogens is 1. The van der Waals surface area contributed by atoms with Crippen LogP contribution in [0, 0.1) is 0 Å². The lowest BCUT2D eigenvalue weighted by molar-refractivity contribution is 0.337. The summed E-state index contributed by atoms with van der Waals surface area (Å²) in [5.74, 6) is 2.81. The molecule has 4 aromatic carbocycles. The van der Waals surface area contributed by atoms with Crippen LogP contribution in [0.15, 0.2) is 126 Å². The second kappa shape index (κ2) is 12.2. The van der Waals surface area contributed by atoms with E-state index in [1.165, 1.54) is 21.5 Å². The first-order chi connectivity index (χ1) is 26.1. The van der Waals surface area contributed by atoms with Crippen LogP contribution in [-0.4, -0.2) is 46.4 Å². The van der Waals surface area contributed by atoms with Gasteiger partial charge in [-0.3, -0.25) is 14.9 Å². The number of rotatable bonds is 5. The number of hydrogen-bond acceptors (Lipinski definition) is 6. The fraction of sp³-hybridized carbons (Fsp3) is 0.277. The molecule has 55 heavy (non-hydrogen) atoms. The van der Waals surface area contributed by atoms with Gasteiger partial charge in [-0.1, -0.05) is 54.6 Å². The Bertz CT molecular complexity index is 2720. The van der Waals surface area contributed by atoms with Crippen LogP contribution < -0.4 is 9.80 Å². The second-order valence-corrected chi connectivity index (χ2v) is 18.0. The Morgan fingerprint density at radius 2 is 1.11 bits per heavy atom. The Labute approximate surface area is 337 Å². The molecule has 276 valence electrons. The lowest BCUT2D eigenvalue weighted by atomic mass is 9.83. The Balaban J connectivity index is 1.20. The van der Waals surface area contributed by atoms with E-state index in [1.54, 1.807) is 0 Å². The Morgan fingerprint density at radius 1 is 0.527 bits per heavy atom. The molecule has 0 aliphatic carbocycles. The van der Waals surface area contributed by atoms with Crippen LogP contribution in [0.3, 0.4) is 0 Å². The lowest BCUT2D eigenvalue weighted by Gasteiger charge is -2.40. The highest BCUT2D eigenvalue weighted by atomic mass is 127. The van der Waals surface area contributed by atoms with E-state index in [1.807, 2.05) is 12.4 Å². The fourth-order valence-corrected chi connectivity index (χ4v) is 10.00. The van der Waals surface area contributed by atoms with Crippen LogP contribution in [0.4, 0.5) is 11.6 Å². The van der Waals surface area contributed by atoms with E-state index in [0.29, 0.717) is 0 Å². The topological polar surface area (TPSA) is 61.9 Å². The quantitative estimate of drug-likeness (QED) is 0.128. The number of aliphatic imine (C=N–C) groups is 2. The molecule has 9 rings (SSSR count). The molecule has 0 N–H and O–H groups in total. The Morgan fingerprint density at radius 3 is 1.71 bits per heavy atom. The minimum Gasteiger partial charge on any atom is -0.309 e. The molecule has 0 unspecified atom stereocenters. The summed E-state index contributed by atoms with van der Waals surface area (Å²) < 4.78 is 3.37. The number of aromatic nitrogens is 3. The van der Waals surface area contributed by atoms with Crippen LogP contribution in [-0.2, 0) is 0 Å². The molecule has 2 aliphatic heterocycles. The third kappa shape index (κ3) is 5.27. The molecule has 5 heterocycles.